The summed E-state index contributed by atoms with van der Waals surface area (Å²) in [5.74, 6) is -0.285. The van der Waals surface area contributed by atoms with Gasteiger partial charge < -0.3 is 10.5 Å². The summed E-state index contributed by atoms with van der Waals surface area (Å²) in [5, 5.41) is 4.14. The summed E-state index contributed by atoms with van der Waals surface area (Å²) in [6.07, 6.45) is 0.407. The molecular weight excluding hydrogens is 283 g/mol. The lowest BCUT2D eigenvalue weighted by atomic mass is 10.1. The highest BCUT2D eigenvalue weighted by atomic mass is 19.4. The summed E-state index contributed by atoms with van der Waals surface area (Å²) in [6.45, 7) is 2.77. The molecule has 114 valence electrons. The predicted octanol–water partition coefficient (Wildman–Crippen LogP) is 3.83. The molecule has 0 radical (unpaired) electrons. The molecule has 0 aliphatic carbocycles. The third-order valence-electron chi connectivity index (χ3n) is 2.91. The normalized spacial score (nSPS) is 11.6. The van der Waals surface area contributed by atoms with E-state index < -0.39 is 6.36 Å². The summed E-state index contributed by atoms with van der Waals surface area (Å²) >= 11 is 0. The quantitative estimate of drug-likeness (QED) is 0.854. The fourth-order valence-electron chi connectivity index (χ4n) is 1.93. The van der Waals surface area contributed by atoms with E-state index in [4.69, 9.17) is 5.73 Å². The Morgan fingerprint density at radius 3 is 2.76 bits per heavy atom. The number of nitrogens with two attached hydrogens (primary N) is 1. The average Bonchev–Trinajstić information content (AvgIpc) is 2.85. The molecule has 0 unspecified atom stereocenters. The van der Waals surface area contributed by atoms with Crippen molar-refractivity contribution in [3.05, 3.63) is 30.6 Å². The van der Waals surface area contributed by atoms with Crippen LogP contribution in [-0.2, 0) is 6.54 Å². The van der Waals surface area contributed by atoms with Crippen molar-refractivity contribution in [1.82, 2.24) is 9.78 Å². The fraction of sp³-hybridized carbons (Fsp3) is 0.357. The second-order valence-corrected chi connectivity index (χ2v) is 4.65. The van der Waals surface area contributed by atoms with Crippen molar-refractivity contribution in [2.24, 2.45) is 0 Å². The van der Waals surface area contributed by atoms with E-state index in [0.29, 0.717) is 17.8 Å². The molecule has 2 N–H and O–H groups in total. The van der Waals surface area contributed by atoms with Crippen LogP contribution in [0.2, 0.25) is 0 Å². The van der Waals surface area contributed by atoms with Crippen LogP contribution in [0.15, 0.2) is 30.6 Å². The van der Waals surface area contributed by atoms with Gasteiger partial charge in [-0.1, -0.05) is 13.3 Å². The van der Waals surface area contributed by atoms with E-state index in [2.05, 4.69) is 16.8 Å². The van der Waals surface area contributed by atoms with Gasteiger partial charge in [-0.05, 0) is 24.6 Å². The van der Waals surface area contributed by atoms with Gasteiger partial charge in [0.05, 0.1) is 6.20 Å². The van der Waals surface area contributed by atoms with Crippen LogP contribution in [0.25, 0.3) is 11.1 Å². The highest BCUT2D eigenvalue weighted by Crippen LogP contribution is 2.35. The van der Waals surface area contributed by atoms with Gasteiger partial charge in [0.25, 0.3) is 0 Å². The van der Waals surface area contributed by atoms with Crippen LogP contribution in [0.1, 0.15) is 19.8 Å². The van der Waals surface area contributed by atoms with E-state index in [1.807, 2.05) is 0 Å². The number of hydrogen-bond acceptors (Lipinski definition) is 3. The van der Waals surface area contributed by atoms with Gasteiger partial charge in [0.1, 0.15) is 5.75 Å². The van der Waals surface area contributed by atoms with E-state index in [1.54, 1.807) is 10.9 Å². The molecule has 0 aliphatic rings. The molecular formula is C14H16F3N3O. The number of unbranched alkanes of at least 4 members (excludes halogenated alkanes) is 1. The Kier molecular flexibility index (Phi) is 4.40. The molecule has 0 spiro atoms. The van der Waals surface area contributed by atoms with Crippen molar-refractivity contribution in [1.29, 1.82) is 0 Å². The van der Waals surface area contributed by atoms with Crippen LogP contribution in [0, 0.1) is 0 Å². The molecule has 0 atom stereocenters. The largest absolute Gasteiger partial charge is 0.573 e. The number of aromatic nitrogens is 2. The molecule has 0 aliphatic heterocycles. The van der Waals surface area contributed by atoms with Crippen LogP contribution in [0.5, 0.6) is 5.75 Å². The van der Waals surface area contributed by atoms with Gasteiger partial charge in [0.15, 0.2) is 0 Å². The Bertz CT molecular complexity index is 608. The number of rotatable bonds is 5. The lowest BCUT2D eigenvalue weighted by Crippen LogP contribution is -2.17. The molecule has 1 heterocycles. The summed E-state index contributed by atoms with van der Waals surface area (Å²) in [5.41, 5.74) is 6.83. The zero-order valence-corrected chi connectivity index (χ0v) is 11.5. The standard InChI is InChI=1S/C14H16F3N3O/c1-2-3-6-20-9-10(8-19-20)12-7-11(18)4-5-13(12)21-14(15,16)17/h4-5,7-9H,2-3,6,18H2,1H3. The van der Waals surface area contributed by atoms with Crippen molar-refractivity contribution in [2.45, 2.75) is 32.7 Å². The maximum absolute atomic E-state index is 12.4. The van der Waals surface area contributed by atoms with Crippen molar-refractivity contribution in [3.63, 3.8) is 0 Å². The molecule has 1 aromatic carbocycles. The summed E-state index contributed by atoms with van der Waals surface area (Å²) in [7, 11) is 0. The zero-order chi connectivity index (χ0) is 15.5. The Labute approximate surface area is 120 Å². The van der Waals surface area contributed by atoms with Gasteiger partial charge in [-0.3, -0.25) is 4.68 Å². The third kappa shape index (κ3) is 4.14. The molecule has 1 aromatic heterocycles. The lowest BCUT2D eigenvalue weighted by Gasteiger charge is -2.13. The first kappa shape index (κ1) is 15.2. The smallest absolute Gasteiger partial charge is 0.405 e. The van der Waals surface area contributed by atoms with E-state index in [9.17, 15) is 13.2 Å². The third-order valence-corrected chi connectivity index (χ3v) is 2.91. The number of ether oxygens (including phenoxy) is 1. The fourth-order valence-corrected chi connectivity index (χ4v) is 1.93. The second kappa shape index (κ2) is 6.07. The maximum Gasteiger partial charge on any atom is 0.573 e. The van der Waals surface area contributed by atoms with Gasteiger partial charge in [0, 0.05) is 29.6 Å². The monoisotopic (exact) mass is 299 g/mol. The highest BCUT2D eigenvalue weighted by Gasteiger charge is 2.32. The Hall–Kier alpha value is -2.18. The highest BCUT2D eigenvalue weighted by molar-refractivity contribution is 5.73. The molecule has 0 saturated carbocycles. The summed E-state index contributed by atoms with van der Waals surface area (Å²) in [4.78, 5) is 0. The van der Waals surface area contributed by atoms with E-state index >= 15 is 0 Å². The van der Waals surface area contributed by atoms with Gasteiger partial charge in [-0.2, -0.15) is 5.10 Å². The Morgan fingerprint density at radius 1 is 1.33 bits per heavy atom. The lowest BCUT2D eigenvalue weighted by molar-refractivity contribution is -0.274. The van der Waals surface area contributed by atoms with E-state index in [-0.39, 0.29) is 11.3 Å². The van der Waals surface area contributed by atoms with Crippen molar-refractivity contribution >= 4 is 5.69 Å². The number of alkyl halides is 3. The predicted molar refractivity (Wildman–Crippen MR) is 73.7 cm³/mol. The van der Waals surface area contributed by atoms with E-state index in [1.165, 1.54) is 24.4 Å². The summed E-state index contributed by atoms with van der Waals surface area (Å²) in [6, 6.07) is 4.02. The van der Waals surface area contributed by atoms with Gasteiger partial charge >= 0.3 is 6.36 Å². The molecule has 0 amide bonds. The average molecular weight is 299 g/mol. The molecule has 0 bridgehead atoms. The minimum Gasteiger partial charge on any atom is -0.405 e. The topological polar surface area (TPSA) is 53.1 Å². The number of nitrogen functional groups attached to an aromatic ring is 1. The molecule has 2 rings (SSSR count). The number of nitrogens with zero attached hydrogens (tertiary/aromatic N) is 2. The molecule has 7 heteroatoms. The number of benzene rings is 1. The van der Waals surface area contributed by atoms with Crippen molar-refractivity contribution < 1.29 is 17.9 Å². The summed E-state index contributed by atoms with van der Waals surface area (Å²) < 4.78 is 43.0. The molecule has 0 fully saturated rings. The zero-order valence-electron chi connectivity index (χ0n) is 11.5. The first-order valence-electron chi connectivity index (χ1n) is 6.57. The first-order chi connectivity index (χ1) is 9.89. The van der Waals surface area contributed by atoms with E-state index in [0.717, 1.165) is 12.8 Å². The second-order valence-electron chi connectivity index (χ2n) is 4.65. The molecule has 21 heavy (non-hydrogen) atoms. The maximum atomic E-state index is 12.4. The SMILES string of the molecule is CCCCn1cc(-c2cc(N)ccc2OC(F)(F)F)cn1. The van der Waals surface area contributed by atoms with Crippen LogP contribution >= 0.6 is 0 Å². The molecule has 2 aromatic rings. The van der Waals surface area contributed by atoms with Crippen LogP contribution in [0.3, 0.4) is 0 Å². The number of halogens is 3. The first-order valence-corrected chi connectivity index (χ1v) is 6.57. The number of hydrogen-bond donors (Lipinski definition) is 1. The van der Waals surface area contributed by atoms with Crippen molar-refractivity contribution in [2.75, 3.05) is 5.73 Å². The van der Waals surface area contributed by atoms with Crippen molar-refractivity contribution in [3.8, 4) is 16.9 Å². The number of anilines is 1. The molecule has 4 nitrogen and oxygen atoms in total. The van der Waals surface area contributed by atoms with Gasteiger partial charge in [-0.25, -0.2) is 0 Å². The Balaban J connectivity index is 2.33. The van der Waals surface area contributed by atoms with Crippen LogP contribution < -0.4 is 10.5 Å². The van der Waals surface area contributed by atoms with Crippen LogP contribution in [-0.4, -0.2) is 16.1 Å². The molecule has 0 saturated heterocycles. The minimum absolute atomic E-state index is 0.273. The van der Waals surface area contributed by atoms with Crippen LogP contribution in [0.4, 0.5) is 18.9 Å². The minimum atomic E-state index is -4.75. The Morgan fingerprint density at radius 2 is 2.10 bits per heavy atom. The van der Waals surface area contributed by atoms with Gasteiger partial charge in [0.2, 0.25) is 0 Å². The number of aryl methyl sites for hydroxylation is 1. The van der Waals surface area contributed by atoms with Gasteiger partial charge in [-0.15, -0.1) is 13.2 Å².